The zero-order valence-corrected chi connectivity index (χ0v) is 12.2. The standard InChI is InChI=1S/C16H25NO3/c1-2-3-4-5-6-7-8-9-13-10-11-15(18)14(12-13)17-16(19)20/h10-12,17-18H,2-9H2,1H3,(H,19,20). The van der Waals surface area contributed by atoms with Gasteiger partial charge in [-0.15, -0.1) is 0 Å². The number of unbranched alkanes of at least 4 members (excludes halogenated alkanes) is 6. The first-order valence-electron chi connectivity index (χ1n) is 7.45. The van der Waals surface area contributed by atoms with Crippen molar-refractivity contribution in [1.29, 1.82) is 0 Å². The van der Waals surface area contributed by atoms with Gasteiger partial charge in [-0.25, -0.2) is 4.79 Å². The van der Waals surface area contributed by atoms with Crippen LogP contribution < -0.4 is 5.32 Å². The summed E-state index contributed by atoms with van der Waals surface area (Å²) in [5.74, 6) is -0.0317. The Morgan fingerprint density at radius 2 is 1.75 bits per heavy atom. The summed E-state index contributed by atoms with van der Waals surface area (Å²) in [6.07, 6.45) is 8.54. The molecule has 0 unspecified atom stereocenters. The molecule has 4 nitrogen and oxygen atoms in total. The van der Waals surface area contributed by atoms with Crippen LogP contribution in [0.1, 0.15) is 57.4 Å². The van der Waals surface area contributed by atoms with Gasteiger partial charge in [0.05, 0.1) is 5.69 Å². The number of carboxylic acid groups (broad SMARTS) is 1. The van der Waals surface area contributed by atoms with Gasteiger partial charge in [-0.3, -0.25) is 5.32 Å². The van der Waals surface area contributed by atoms with Crippen molar-refractivity contribution in [3.05, 3.63) is 23.8 Å². The largest absolute Gasteiger partial charge is 0.506 e. The molecule has 0 radical (unpaired) electrons. The van der Waals surface area contributed by atoms with Crippen molar-refractivity contribution in [3.63, 3.8) is 0 Å². The highest BCUT2D eigenvalue weighted by Crippen LogP contribution is 2.25. The summed E-state index contributed by atoms with van der Waals surface area (Å²) in [4.78, 5) is 10.6. The molecule has 112 valence electrons. The summed E-state index contributed by atoms with van der Waals surface area (Å²) in [7, 11) is 0. The number of anilines is 1. The summed E-state index contributed by atoms with van der Waals surface area (Å²) in [6, 6.07) is 5.10. The minimum absolute atomic E-state index is 0.0317. The van der Waals surface area contributed by atoms with E-state index in [0.29, 0.717) is 0 Å². The summed E-state index contributed by atoms with van der Waals surface area (Å²) in [5.41, 5.74) is 1.32. The third-order valence-electron chi connectivity index (χ3n) is 3.37. The van der Waals surface area contributed by atoms with Gasteiger partial charge in [0, 0.05) is 0 Å². The first kappa shape index (κ1) is 16.3. The van der Waals surface area contributed by atoms with E-state index >= 15 is 0 Å². The number of aromatic hydroxyl groups is 1. The average molecular weight is 279 g/mol. The second-order valence-electron chi connectivity index (χ2n) is 5.15. The Morgan fingerprint density at radius 3 is 2.40 bits per heavy atom. The average Bonchev–Trinajstić information content (AvgIpc) is 2.40. The molecule has 1 amide bonds. The first-order chi connectivity index (χ1) is 9.63. The second kappa shape index (κ2) is 9.23. The Bertz CT molecular complexity index is 418. The van der Waals surface area contributed by atoms with Crippen LogP contribution >= 0.6 is 0 Å². The molecule has 0 saturated heterocycles. The number of benzene rings is 1. The molecule has 0 atom stereocenters. The molecule has 0 aliphatic heterocycles. The minimum Gasteiger partial charge on any atom is -0.506 e. The molecule has 0 saturated carbocycles. The summed E-state index contributed by atoms with van der Waals surface area (Å²) >= 11 is 0. The molecule has 1 aromatic rings. The van der Waals surface area contributed by atoms with Crippen molar-refractivity contribution in [1.82, 2.24) is 0 Å². The van der Waals surface area contributed by atoms with Crippen LogP contribution in [0.4, 0.5) is 10.5 Å². The molecule has 0 aliphatic carbocycles. The number of carbonyl (C=O) groups is 1. The number of hydrogen-bond acceptors (Lipinski definition) is 2. The van der Waals surface area contributed by atoms with Crippen molar-refractivity contribution >= 4 is 11.8 Å². The van der Waals surface area contributed by atoms with Gasteiger partial charge < -0.3 is 10.2 Å². The van der Waals surface area contributed by atoms with Crippen molar-refractivity contribution < 1.29 is 15.0 Å². The van der Waals surface area contributed by atoms with Crippen LogP contribution in [0.3, 0.4) is 0 Å². The van der Waals surface area contributed by atoms with Crippen LogP contribution in [0.5, 0.6) is 5.75 Å². The quantitative estimate of drug-likeness (QED) is 0.450. The van der Waals surface area contributed by atoms with E-state index in [1.807, 2.05) is 6.07 Å². The maximum Gasteiger partial charge on any atom is 0.409 e. The van der Waals surface area contributed by atoms with Gasteiger partial charge in [0.2, 0.25) is 0 Å². The van der Waals surface area contributed by atoms with Crippen LogP contribution in [0.25, 0.3) is 0 Å². The molecule has 0 aromatic heterocycles. The number of phenols is 1. The molecule has 0 fully saturated rings. The monoisotopic (exact) mass is 279 g/mol. The summed E-state index contributed by atoms with van der Waals surface area (Å²) in [6.45, 7) is 2.22. The van der Waals surface area contributed by atoms with E-state index in [1.54, 1.807) is 12.1 Å². The number of amides is 1. The van der Waals surface area contributed by atoms with Crippen LogP contribution in [0.15, 0.2) is 18.2 Å². The molecule has 4 heteroatoms. The number of phenolic OH excluding ortho intramolecular Hbond substituents is 1. The fraction of sp³-hybridized carbons (Fsp3) is 0.562. The van der Waals surface area contributed by atoms with Gasteiger partial charge in [-0.05, 0) is 30.5 Å². The Balaban J connectivity index is 2.31. The highest BCUT2D eigenvalue weighted by Gasteiger charge is 2.05. The van der Waals surface area contributed by atoms with Crippen LogP contribution in [-0.4, -0.2) is 16.3 Å². The van der Waals surface area contributed by atoms with Gasteiger partial charge >= 0.3 is 6.09 Å². The molecule has 0 aliphatic rings. The van der Waals surface area contributed by atoms with Gasteiger partial charge in [-0.2, -0.15) is 0 Å². The molecule has 0 heterocycles. The van der Waals surface area contributed by atoms with E-state index in [4.69, 9.17) is 5.11 Å². The van der Waals surface area contributed by atoms with Crippen molar-refractivity contribution in [3.8, 4) is 5.75 Å². The second-order valence-corrected chi connectivity index (χ2v) is 5.15. The predicted molar refractivity (Wildman–Crippen MR) is 81.5 cm³/mol. The lowest BCUT2D eigenvalue weighted by Crippen LogP contribution is -2.07. The SMILES string of the molecule is CCCCCCCCCc1ccc(O)c(NC(=O)O)c1. The van der Waals surface area contributed by atoms with Crippen LogP contribution in [0.2, 0.25) is 0 Å². The van der Waals surface area contributed by atoms with E-state index < -0.39 is 6.09 Å². The summed E-state index contributed by atoms with van der Waals surface area (Å²) in [5, 5.41) is 20.4. The van der Waals surface area contributed by atoms with Crippen LogP contribution in [-0.2, 0) is 6.42 Å². The number of nitrogens with one attached hydrogen (secondary N) is 1. The molecule has 3 N–H and O–H groups in total. The van der Waals surface area contributed by atoms with E-state index in [-0.39, 0.29) is 11.4 Å². The van der Waals surface area contributed by atoms with Crippen molar-refractivity contribution in [2.24, 2.45) is 0 Å². The smallest absolute Gasteiger partial charge is 0.409 e. The Labute approximate surface area is 120 Å². The molecule has 1 rings (SSSR count). The highest BCUT2D eigenvalue weighted by atomic mass is 16.4. The van der Waals surface area contributed by atoms with Gasteiger partial charge in [0.25, 0.3) is 0 Å². The minimum atomic E-state index is -1.16. The molecule has 20 heavy (non-hydrogen) atoms. The molecular weight excluding hydrogens is 254 g/mol. The Kier molecular flexibility index (Phi) is 7.55. The third-order valence-corrected chi connectivity index (χ3v) is 3.37. The Hall–Kier alpha value is -1.71. The van der Waals surface area contributed by atoms with E-state index in [1.165, 1.54) is 38.5 Å². The predicted octanol–water partition coefficient (Wildman–Crippen LogP) is 4.78. The lowest BCUT2D eigenvalue weighted by Gasteiger charge is -2.07. The molecule has 1 aromatic carbocycles. The van der Waals surface area contributed by atoms with Crippen molar-refractivity contribution in [2.45, 2.75) is 58.3 Å². The Morgan fingerprint density at radius 1 is 1.10 bits per heavy atom. The van der Waals surface area contributed by atoms with E-state index in [9.17, 15) is 9.90 Å². The lowest BCUT2D eigenvalue weighted by atomic mass is 10.0. The maximum atomic E-state index is 10.6. The molecule has 0 spiro atoms. The van der Waals surface area contributed by atoms with Gasteiger partial charge in [-0.1, -0.05) is 51.5 Å². The first-order valence-corrected chi connectivity index (χ1v) is 7.45. The fourth-order valence-electron chi connectivity index (χ4n) is 2.24. The zero-order valence-electron chi connectivity index (χ0n) is 12.2. The fourth-order valence-corrected chi connectivity index (χ4v) is 2.24. The van der Waals surface area contributed by atoms with E-state index in [2.05, 4.69) is 12.2 Å². The van der Waals surface area contributed by atoms with Gasteiger partial charge in [0.1, 0.15) is 5.75 Å². The van der Waals surface area contributed by atoms with Crippen LogP contribution in [0, 0.1) is 0 Å². The number of hydrogen-bond donors (Lipinski definition) is 3. The van der Waals surface area contributed by atoms with E-state index in [0.717, 1.165) is 18.4 Å². The maximum absolute atomic E-state index is 10.6. The molecular formula is C16H25NO3. The summed E-state index contributed by atoms with van der Waals surface area (Å²) < 4.78 is 0. The molecule has 0 bridgehead atoms. The number of aryl methyl sites for hydroxylation is 1. The normalized spacial score (nSPS) is 10.4. The lowest BCUT2D eigenvalue weighted by molar-refractivity contribution is 0.209. The number of rotatable bonds is 9. The topological polar surface area (TPSA) is 69.6 Å². The highest BCUT2D eigenvalue weighted by molar-refractivity contribution is 5.85. The van der Waals surface area contributed by atoms with Crippen molar-refractivity contribution in [2.75, 3.05) is 5.32 Å². The van der Waals surface area contributed by atoms with Gasteiger partial charge in [0.15, 0.2) is 0 Å². The third kappa shape index (κ3) is 6.45. The zero-order chi connectivity index (χ0) is 14.8.